The molecule has 3 N–H and O–H groups in total. The fraction of sp³-hybridized carbons (Fsp3) is 1.00. The van der Waals surface area contributed by atoms with Crippen LogP contribution in [0.15, 0.2) is 0 Å². The molecule has 0 spiro atoms. The van der Waals surface area contributed by atoms with Crippen molar-refractivity contribution >= 4 is 0 Å². The van der Waals surface area contributed by atoms with Crippen LogP contribution in [0.4, 0.5) is 0 Å². The van der Waals surface area contributed by atoms with E-state index in [0.717, 1.165) is 19.3 Å². The second-order valence-electron chi connectivity index (χ2n) is 4.75. The number of aliphatic hydroxyl groups excluding tert-OH is 1. The minimum atomic E-state index is -0.162. The average molecular weight is 201 g/mol. The van der Waals surface area contributed by atoms with Crippen LogP contribution in [-0.2, 0) is 9.47 Å². The van der Waals surface area contributed by atoms with Gasteiger partial charge in [0, 0.05) is 5.54 Å². The van der Waals surface area contributed by atoms with E-state index in [1.54, 1.807) is 0 Å². The summed E-state index contributed by atoms with van der Waals surface area (Å²) in [5, 5.41) is 8.98. The number of hydrogen-bond donors (Lipinski definition) is 2. The molecule has 0 radical (unpaired) electrons. The van der Waals surface area contributed by atoms with E-state index in [0.29, 0.717) is 6.61 Å². The lowest BCUT2D eigenvalue weighted by atomic mass is 9.80. The molecule has 1 heterocycles. The molecule has 2 aliphatic rings. The molecule has 0 aromatic heterocycles. The third kappa shape index (κ3) is 2.08. The van der Waals surface area contributed by atoms with E-state index in [1.165, 1.54) is 0 Å². The van der Waals surface area contributed by atoms with Crippen molar-refractivity contribution in [2.45, 2.75) is 50.0 Å². The van der Waals surface area contributed by atoms with Crippen LogP contribution < -0.4 is 5.73 Å². The molecule has 4 heteroatoms. The summed E-state index contributed by atoms with van der Waals surface area (Å²) < 4.78 is 11.4. The molecule has 82 valence electrons. The lowest BCUT2D eigenvalue weighted by Crippen LogP contribution is -2.54. The molecule has 0 aromatic rings. The number of rotatable bonds is 1. The lowest BCUT2D eigenvalue weighted by Gasteiger charge is -2.44. The Morgan fingerprint density at radius 3 is 3.00 bits per heavy atom. The van der Waals surface area contributed by atoms with Gasteiger partial charge in [-0.25, -0.2) is 0 Å². The fourth-order valence-corrected chi connectivity index (χ4v) is 2.29. The largest absolute Gasteiger partial charge is 0.394 e. The first kappa shape index (κ1) is 10.4. The summed E-state index contributed by atoms with van der Waals surface area (Å²) in [6.45, 7) is 2.60. The van der Waals surface area contributed by atoms with Crippen LogP contribution in [0.1, 0.15) is 26.2 Å². The summed E-state index contributed by atoms with van der Waals surface area (Å²) in [4.78, 5) is 0. The molecule has 2 rings (SSSR count). The number of aliphatic hydroxyl groups is 1. The predicted octanol–water partition coefficient (Wildman–Crippen LogP) is 0.0326. The molecule has 1 saturated carbocycles. The van der Waals surface area contributed by atoms with E-state index in [9.17, 15) is 0 Å². The smallest absolute Gasteiger partial charge is 0.104 e. The maximum absolute atomic E-state index is 8.98. The van der Waals surface area contributed by atoms with Crippen LogP contribution in [0, 0.1) is 0 Å². The lowest BCUT2D eigenvalue weighted by molar-refractivity contribution is -0.207. The van der Waals surface area contributed by atoms with Crippen molar-refractivity contribution in [3.63, 3.8) is 0 Å². The Kier molecular flexibility index (Phi) is 2.79. The summed E-state index contributed by atoms with van der Waals surface area (Å²) in [6.07, 6.45) is 2.88. The van der Waals surface area contributed by atoms with Crippen molar-refractivity contribution in [1.82, 2.24) is 0 Å². The zero-order chi connectivity index (χ0) is 10.2. The van der Waals surface area contributed by atoms with Gasteiger partial charge in [-0.2, -0.15) is 0 Å². The minimum Gasteiger partial charge on any atom is -0.394 e. The third-order valence-corrected chi connectivity index (χ3v) is 3.15. The van der Waals surface area contributed by atoms with E-state index >= 15 is 0 Å². The molecule has 0 amide bonds. The number of nitrogens with two attached hydrogens (primary N) is 1. The van der Waals surface area contributed by atoms with Gasteiger partial charge in [0.1, 0.15) is 6.10 Å². The first-order valence-corrected chi connectivity index (χ1v) is 5.27. The Morgan fingerprint density at radius 1 is 1.50 bits per heavy atom. The monoisotopic (exact) mass is 201 g/mol. The van der Waals surface area contributed by atoms with Crippen molar-refractivity contribution in [2.24, 2.45) is 5.73 Å². The van der Waals surface area contributed by atoms with E-state index < -0.39 is 0 Å². The summed E-state index contributed by atoms with van der Waals surface area (Å²) >= 11 is 0. The molecule has 14 heavy (non-hydrogen) atoms. The van der Waals surface area contributed by atoms with Crippen LogP contribution >= 0.6 is 0 Å². The summed E-state index contributed by atoms with van der Waals surface area (Å²) in [7, 11) is 0. The summed E-state index contributed by atoms with van der Waals surface area (Å²) in [5.41, 5.74) is 5.94. The number of hydrogen-bond acceptors (Lipinski definition) is 4. The van der Waals surface area contributed by atoms with Crippen molar-refractivity contribution < 1.29 is 14.6 Å². The highest BCUT2D eigenvalue weighted by atomic mass is 16.6. The van der Waals surface area contributed by atoms with E-state index in [2.05, 4.69) is 6.92 Å². The molecule has 4 atom stereocenters. The van der Waals surface area contributed by atoms with Crippen molar-refractivity contribution in [2.75, 3.05) is 13.2 Å². The van der Waals surface area contributed by atoms with Crippen molar-refractivity contribution in [3.05, 3.63) is 0 Å². The van der Waals surface area contributed by atoms with Gasteiger partial charge in [0.2, 0.25) is 0 Å². The van der Waals surface area contributed by atoms with Crippen molar-refractivity contribution in [1.29, 1.82) is 0 Å². The number of ether oxygens (including phenoxy) is 2. The highest BCUT2D eigenvalue weighted by molar-refractivity contribution is 4.94. The average Bonchev–Trinajstić information content (AvgIpc) is 2.15. The van der Waals surface area contributed by atoms with E-state index in [-0.39, 0.29) is 30.5 Å². The van der Waals surface area contributed by atoms with E-state index in [4.69, 9.17) is 20.3 Å². The topological polar surface area (TPSA) is 64.7 Å². The quantitative estimate of drug-likeness (QED) is 0.628. The maximum Gasteiger partial charge on any atom is 0.104 e. The minimum absolute atomic E-state index is 0.0322. The second-order valence-corrected chi connectivity index (χ2v) is 4.75. The zero-order valence-corrected chi connectivity index (χ0v) is 8.61. The van der Waals surface area contributed by atoms with Crippen LogP contribution in [0.25, 0.3) is 0 Å². The first-order valence-electron chi connectivity index (χ1n) is 5.27. The Balaban J connectivity index is 1.97. The van der Waals surface area contributed by atoms with Crippen LogP contribution in [0.2, 0.25) is 0 Å². The van der Waals surface area contributed by atoms with Gasteiger partial charge in [-0.3, -0.25) is 0 Å². The highest BCUT2D eigenvalue weighted by Gasteiger charge is 2.40. The van der Waals surface area contributed by atoms with Gasteiger partial charge in [-0.05, 0) is 26.2 Å². The molecule has 1 saturated heterocycles. The Labute approximate surface area is 84.4 Å². The molecule has 4 nitrogen and oxygen atoms in total. The summed E-state index contributed by atoms with van der Waals surface area (Å²) in [6, 6.07) is 0. The first-order chi connectivity index (χ1) is 6.61. The fourth-order valence-electron chi connectivity index (χ4n) is 2.29. The van der Waals surface area contributed by atoms with Gasteiger partial charge in [-0.1, -0.05) is 0 Å². The van der Waals surface area contributed by atoms with Gasteiger partial charge in [-0.15, -0.1) is 0 Å². The standard InChI is InChI=1S/C10H19NO3/c1-10(11)3-2-8-9(4-10)14-7(5-12)6-13-8/h7-9,12H,2-6,11H2,1H3. The van der Waals surface area contributed by atoms with Gasteiger partial charge >= 0.3 is 0 Å². The molecule has 1 aliphatic heterocycles. The normalized spacial score (nSPS) is 48.6. The maximum atomic E-state index is 8.98. The molecular formula is C10H19NO3. The Morgan fingerprint density at radius 2 is 2.29 bits per heavy atom. The van der Waals surface area contributed by atoms with Crippen LogP contribution in [0.3, 0.4) is 0 Å². The molecule has 1 aliphatic carbocycles. The van der Waals surface area contributed by atoms with Crippen molar-refractivity contribution in [3.8, 4) is 0 Å². The van der Waals surface area contributed by atoms with Gasteiger partial charge in [0.15, 0.2) is 0 Å². The molecular weight excluding hydrogens is 182 g/mol. The van der Waals surface area contributed by atoms with Crippen LogP contribution in [-0.4, -0.2) is 42.2 Å². The van der Waals surface area contributed by atoms with Crippen LogP contribution in [0.5, 0.6) is 0 Å². The van der Waals surface area contributed by atoms with Gasteiger partial charge < -0.3 is 20.3 Å². The third-order valence-electron chi connectivity index (χ3n) is 3.15. The van der Waals surface area contributed by atoms with E-state index in [1.807, 2.05) is 0 Å². The highest BCUT2D eigenvalue weighted by Crippen LogP contribution is 2.32. The molecule has 2 fully saturated rings. The number of fused-ring (bicyclic) bond motifs is 1. The Hall–Kier alpha value is -0.160. The molecule has 0 bridgehead atoms. The van der Waals surface area contributed by atoms with Gasteiger partial charge in [0.25, 0.3) is 0 Å². The predicted molar refractivity (Wildman–Crippen MR) is 51.9 cm³/mol. The van der Waals surface area contributed by atoms with Gasteiger partial charge in [0.05, 0.1) is 25.4 Å². The molecule has 4 unspecified atom stereocenters. The second kappa shape index (κ2) is 3.77. The Bertz CT molecular complexity index is 208. The zero-order valence-electron chi connectivity index (χ0n) is 8.61. The molecule has 0 aromatic carbocycles. The summed E-state index contributed by atoms with van der Waals surface area (Å²) in [5.74, 6) is 0. The SMILES string of the molecule is CC1(N)CCC2OCC(CO)OC2C1.